The molecule has 1 amide bonds. The van der Waals surface area contributed by atoms with E-state index in [0.29, 0.717) is 36.8 Å². The number of hydrogen-bond acceptors (Lipinski definition) is 2. The molecule has 0 saturated carbocycles. The number of fused-ring (bicyclic) bond motifs is 1. The number of aromatic nitrogens is 1. The van der Waals surface area contributed by atoms with Gasteiger partial charge in [-0.2, -0.15) is 0 Å². The van der Waals surface area contributed by atoms with Crippen molar-refractivity contribution in [1.29, 1.82) is 0 Å². The third-order valence-corrected chi connectivity index (χ3v) is 5.81. The maximum absolute atomic E-state index is 14.1. The Labute approximate surface area is 168 Å². The molecule has 4 nitrogen and oxygen atoms in total. The molecule has 0 unspecified atom stereocenters. The number of nitrogens with two attached hydrogens (primary N) is 1. The summed E-state index contributed by atoms with van der Waals surface area (Å²) in [6.45, 7) is 2.35. The van der Waals surface area contributed by atoms with E-state index in [1.807, 2.05) is 39.9 Å². The summed E-state index contributed by atoms with van der Waals surface area (Å²) in [7, 11) is 0. The zero-order chi connectivity index (χ0) is 19.7. The van der Waals surface area contributed by atoms with Gasteiger partial charge in [0.25, 0.3) is 5.91 Å². The fraction of sp³-hybridized carbons (Fsp3) is 0.318. The van der Waals surface area contributed by atoms with Gasteiger partial charge in [0.15, 0.2) is 0 Å². The van der Waals surface area contributed by atoms with Crippen molar-refractivity contribution in [3.05, 3.63) is 70.6 Å². The lowest BCUT2D eigenvalue weighted by Gasteiger charge is -2.32. The van der Waals surface area contributed by atoms with Crippen molar-refractivity contribution in [2.75, 3.05) is 19.6 Å². The first-order chi connectivity index (χ1) is 13.6. The minimum Gasteiger partial charge on any atom is -0.345 e. The third kappa shape index (κ3) is 3.52. The summed E-state index contributed by atoms with van der Waals surface area (Å²) in [5, 5.41) is 1.52. The van der Waals surface area contributed by atoms with Crippen LogP contribution in [0.5, 0.6) is 0 Å². The van der Waals surface area contributed by atoms with Crippen molar-refractivity contribution in [2.45, 2.75) is 25.3 Å². The molecule has 2 aromatic carbocycles. The van der Waals surface area contributed by atoms with E-state index in [2.05, 4.69) is 0 Å². The zero-order valence-electron chi connectivity index (χ0n) is 15.6. The number of carbonyl (C=O) groups is 1. The largest absolute Gasteiger partial charge is 0.345 e. The molecule has 0 radical (unpaired) electrons. The molecule has 0 spiro atoms. The molecule has 3 aromatic rings. The van der Waals surface area contributed by atoms with Gasteiger partial charge in [0, 0.05) is 42.8 Å². The van der Waals surface area contributed by atoms with Gasteiger partial charge in [0.05, 0.1) is 11.1 Å². The van der Waals surface area contributed by atoms with Crippen LogP contribution in [0, 0.1) is 5.82 Å². The number of likely N-dealkylation sites (tertiary alicyclic amines) is 1. The van der Waals surface area contributed by atoms with E-state index in [9.17, 15) is 9.18 Å². The normalized spacial score (nSPS) is 15.3. The second kappa shape index (κ2) is 7.94. The van der Waals surface area contributed by atoms with E-state index in [0.717, 1.165) is 29.3 Å². The van der Waals surface area contributed by atoms with Gasteiger partial charge in [-0.1, -0.05) is 35.9 Å². The van der Waals surface area contributed by atoms with E-state index in [-0.39, 0.29) is 17.6 Å². The number of nitrogens with zero attached hydrogens (tertiary/aromatic N) is 2. The molecule has 0 bridgehead atoms. The fourth-order valence-electron chi connectivity index (χ4n) is 4.13. The molecule has 6 heteroatoms. The average Bonchev–Trinajstić information content (AvgIpc) is 3.06. The topological polar surface area (TPSA) is 51.3 Å². The Morgan fingerprint density at radius 1 is 1.18 bits per heavy atom. The number of carbonyl (C=O) groups excluding carboxylic acids is 1. The summed E-state index contributed by atoms with van der Waals surface area (Å²) in [6.07, 6.45) is 3.40. The van der Waals surface area contributed by atoms with Crippen molar-refractivity contribution in [3.63, 3.8) is 0 Å². The predicted molar refractivity (Wildman–Crippen MR) is 110 cm³/mol. The van der Waals surface area contributed by atoms with Gasteiger partial charge in [0.2, 0.25) is 0 Å². The average molecular weight is 400 g/mol. The van der Waals surface area contributed by atoms with Crippen LogP contribution >= 0.6 is 11.6 Å². The highest BCUT2D eigenvalue weighted by Gasteiger charge is 2.27. The fourth-order valence-corrected chi connectivity index (χ4v) is 4.30. The van der Waals surface area contributed by atoms with Crippen molar-refractivity contribution >= 4 is 28.4 Å². The standard InChI is InChI=1S/C22H23ClFN3O/c23-16-5-6-18-19(14-27(12-9-25)21(18)13-16)22(28)26-10-7-15(8-11-26)17-3-1-2-4-20(17)24/h1-6,13-15H,7-12,25H2. The van der Waals surface area contributed by atoms with Crippen molar-refractivity contribution < 1.29 is 9.18 Å². The van der Waals surface area contributed by atoms with E-state index < -0.39 is 0 Å². The molecule has 1 saturated heterocycles. The van der Waals surface area contributed by atoms with Gasteiger partial charge in [-0.25, -0.2) is 4.39 Å². The Bertz CT molecular complexity index is 1010. The second-order valence-corrected chi connectivity index (χ2v) is 7.71. The summed E-state index contributed by atoms with van der Waals surface area (Å²) >= 11 is 6.14. The number of halogens is 2. The highest BCUT2D eigenvalue weighted by molar-refractivity contribution is 6.31. The SMILES string of the molecule is NCCn1cc(C(=O)N2CCC(c3ccccc3F)CC2)c2ccc(Cl)cc21. The van der Waals surface area contributed by atoms with Crippen molar-refractivity contribution in [2.24, 2.45) is 5.73 Å². The van der Waals surface area contributed by atoms with Crippen molar-refractivity contribution in [1.82, 2.24) is 9.47 Å². The predicted octanol–water partition coefficient (Wildman–Crippen LogP) is 4.41. The first kappa shape index (κ1) is 19.0. The van der Waals surface area contributed by atoms with Crippen LogP contribution in [0.2, 0.25) is 5.02 Å². The minimum absolute atomic E-state index is 0.00933. The number of benzene rings is 2. The Morgan fingerprint density at radius 2 is 1.93 bits per heavy atom. The van der Waals surface area contributed by atoms with Gasteiger partial charge in [-0.3, -0.25) is 4.79 Å². The van der Waals surface area contributed by atoms with Gasteiger partial charge in [0.1, 0.15) is 5.82 Å². The Morgan fingerprint density at radius 3 is 2.64 bits per heavy atom. The molecule has 4 rings (SSSR count). The number of rotatable bonds is 4. The smallest absolute Gasteiger partial charge is 0.256 e. The molecule has 1 aromatic heterocycles. The quantitative estimate of drug-likeness (QED) is 0.706. The molecule has 1 aliphatic rings. The van der Waals surface area contributed by atoms with Gasteiger partial charge >= 0.3 is 0 Å². The lowest BCUT2D eigenvalue weighted by atomic mass is 9.89. The van der Waals surface area contributed by atoms with Crippen LogP contribution in [0.3, 0.4) is 0 Å². The number of hydrogen-bond donors (Lipinski definition) is 1. The van der Waals surface area contributed by atoms with E-state index in [4.69, 9.17) is 17.3 Å². The summed E-state index contributed by atoms with van der Waals surface area (Å²) in [5.41, 5.74) is 8.06. The van der Waals surface area contributed by atoms with Crippen LogP contribution in [-0.2, 0) is 6.54 Å². The monoisotopic (exact) mass is 399 g/mol. The van der Waals surface area contributed by atoms with E-state index >= 15 is 0 Å². The molecule has 28 heavy (non-hydrogen) atoms. The first-order valence-corrected chi connectivity index (χ1v) is 9.98. The molecule has 2 N–H and O–H groups in total. The van der Waals surface area contributed by atoms with Crippen LogP contribution < -0.4 is 5.73 Å². The Balaban J connectivity index is 1.55. The van der Waals surface area contributed by atoms with Crippen LogP contribution in [-0.4, -0.2) is 35.0 Å². The van der Waals surface area contributed by atoms with Crippen LogP contribution in [0.4, 0.5) is 4.39 Å². The molecule has 0 aliphatic carbocycles. The highest BCUT2D eigenvalue weighted by atomic mass is 35.5. The molecule has 1 fully saturated rings. The zero-order valence-corrected chi connectivity index (χ0v) is 16.3. The molecule has 146 valence electrons. The second-order valence-electron chi connectivity index (χ2n) is 7.27. The van der Waals surface area contributed by atoms with Crippen LogP contribution in [0.1, 0.15) is 34.7 Å². The number of piperidine rings is 1. The van der Waals surface area contributed by atoms with E-state index in [1.165, 1.54) is 6.07 Å². The number of amides is 1. The summed E-state index contributed by atoms with van der Waals surface area (Å²) < 4.78 is 16.1. The van der Waals surface area contributed by atoms with Crippen LogP contribution in [0.15, 0.2) is 48.7 Å². The van der Waals surface area contributed by atoms with Crippen LogP contribution in [0.25, 0.3) is 10.9 Å². The lowest BCUT2D eigenvalue weighted by Crippen LogP contribution is -2.38. The molecule has 1 aliphatic heterocycles. The van der Waals surface area contributed by atoms with Gasteiger partial charge in [-0.15, -0.1) is 0 Å². The Hall–Kier alpha value is -2.37. The molecular weight excluding hydrogens is 377 g/mol. The Kier molecular flexibility index (Phi) is 5.38. The van der Waals surface area contributed by atoms with Gasteiger partial charge in [-0.05, 0) is 42.5 Å². The molecule has 0 atom stereocenters. The lowest BCUT2D eigenvalue weighted by molar-refractivity contribution is 0.0714. The highest BCUT2D eigenvalue weighted by Crippen LogP contribution is 2.32. The maximum Gasteiger partial charge on any atom is 0.256 e. The van der Waals surface area contributed by atoms with Crippen molar-refractivity contribution in [3.8, 4) is 0 Å². The summed E-state index contributed by atoms with van der Waals surface area (Å²) in [4.78, 5) is 15.1. The van der Waals surface area contributed by atoms with E-state index in [1.54, 1.807) is 12.1 Å². The first-order valence-electron chi connectivity index (χ1n) is 9.60. The third-order valence-electron chi connectivity index (χ3n) is 5.57. The maximum atomic E-state index is 14.1. The van der Waals surface area contributed by atoms with Gasteiger partial charge < -0.3 is 15.2 Å². The minimum atomic E-state index is -0.158. The molecule has 2 heterocycles. The summed E-state index contributed by atoms with van der Waals surface area (Å²) in [6, 6.07) is 12.5. The summed E-state index contributed by atoms with van der Waals surface area (Å²) in [5.74, 6) is 0.00623. The molecular formula is C22H23ClFN3O.